The van der Waals surface area contributed by atoms with Gasteiger partial charge < -0.3 is 10.0 Å². The molecule has 15 heavy (non-hydrogen) atoms. The number of aliphatic carboxylic acids is 1. The molecule has 3 nitrogen and oxygen atoms in total. The molecule has 0 unspecified atom stereocenters. The molecule has 3 aliphatic rings. The molecular weight excluding hydrogens is 214 g/mol. The number of fused-ring (bicyclic) bond motifs is 3. The Kier molecular flexibility index (Phi) is 3.36. The van der Waals surface area contributed by atoms with Gasteiger partial charge in [-0.05, 0) is 52.6 Å². The van der Waals surface area contributed by atoms with Crippen LogP contribution < -0.4 is 0 Å². The Balaban J connectivity index is 0.00000112. The first-order valence-corrected chi connectivity index (χ1v) is 5.42. The summed E-state index contributed by atoms with van der Waals surface area (Å²) >= 11 is 0. The zero-order valence-corrected chi connectivity index (χ0v) is 10.3. The van der Waals surface area contributed by atoms with Crippen molar-refractivity contribution in [3.8, 4) is 0 Å². The van der Waals surface area contributed by atoms with E-state index in [9.17, 15) is 9.90 Å². The summed E-state index contributed by atoms with van der Waals surface area (Å²) in [7, 11) is 4.25. The summed E-state index contributed by atoms with van der Waals surface area (Å²) in [6.07, 6.45) is 5.81. The van der Waals surface area contributed by atoms with E-state index in [2.05, 4.69) is 19.0 Å². The van der Waals surface area contributed by atoms with Gasteiger partial charge in [0, 0.05) is 5.54 Å². The van der Waals surface area contributed by atoms with Gasteiger partial charge in [-0.2, -0.15) is 0 Å². The van der Waals surface area contributed by atoms with Crippen LogP contribution in [-0.2, 0) is 4.79 Å². The zero-order valence-electron chi connectivity index (χ0n) is 9.45. The minimum atomic E-state index is -0.565. The van der Waals surface area contributed by atoms with Gasteiger partial charge in [-0.15, -0.1) is 12.4 Å². The molecule has 0 aromatic heterocycles. The van der Waals surface area contributed by atoms with Crippen LogP contribution in [0.1, 0.15) is 38.5 Å². The molecule has 0 atom stereocenters. The van der Waals surface area contributed by atoms with E-state index in [1.54, 1.807) is 0 Å². The average Bonchev–Trinajstić information content (AvgIpc) is 2.20. The number of carboxylic acid groups (broad SMARTS) is 1. The second-order valence-corrected chi connectivity index (χ2v) is 5.20. The zero-order chi connectivity index (χ0) is 10.4. The molecule has 0 aromatic rings. The van der Waals surface area contributed by atoms with E-state index in [1.807, 2.05) is 0 Å². The molecule has 0 aliphatic heterocycles. The number of halogens is 1. The highest BCUT2D eigenvalue weighted by Crippen LogP contribution is 2.54. The molecule has 2 bridgehead atoms. The van der Waals surface area contributed by atoms with Crippen LogP contribution in [0.5, 0.6) is 0 Å². The van der Waals surface area contributed by atoms with Crippen LogP contribution in [0.4, 0.5) is 0 Å². The standard InChI is InChI=1S/C11H19NO2.ClH/c1-12(2)11-6-3-10(4-7-11,5-8-11)9(13)14;/h3-8H2,1-2H3,(H,13,14);1H. The fraction of sp³-hybridized carbons (Fsp3) is 0.909. The van der Waals surface area contributed by atoms with Crippen molar-refractivity contribution in [1.29, 1.82) is 0 Å². The maximum Gasteiger partial charge on any atom is 0.309 e. The molecule has 0 saturated heterocycles. The normalized spacial score (nSPS) is 38.9. The molecule has 1 N–H and O–H groups in total. The van der Waals surface area contributed by atoms with Crippen molar-refractivity contribution in [2.75, 3.05) is 14.1 Å². The summed E-state index contributed by atoms with van der Waals surface area (Å²) in [4.78, 5) is 13.5. The molecule has 0 heterocycles. The van der Waals surface area contributed by atoms with E-state index in [4.69, 9.17) is 0 Å². The Morgan fingerprint density at radius 2 is 1.47 bits per heavy atom. The molecule has 0 aromatic carbocycles. The SMILES string of the molecule is CN(C)C12CCC(C(=O)O)(CC1)CC2.Cl. The van der Waals surface area contributed by atoms with E-state index in [0.717, 1.165) is 38.5 Å². The molecule has 3 fully saturated rings. The summed E-state index contributed by atoms with van der Waals surface area (Å²) in [6, 6.07) is 0. The van der Waals surface area contributed by atoms with Gasteiger partial charge in [0.05, 0.1) is 5.41 Å². The van der Waals surface area contributed by atoms with Crippen molar-refractivity contribution in [2.45, 2.75) is 44.1 Å². The van der Waals surface area contributed by atoms with Crippen LogP contribution in [0, 0.1) is 5.41 Å². The molecule has 0 amide bonds. The highest BCUT2D eigenvalue weighted by Gasteiger charge is 2.53. The Hall–Kier alpha value is -0.280. The predicted molar refractivity (Wildman–Crippen MR) is 61.4 cm³/mol. The highest BCUT2D eigenvalue weighted by atomic mass is 35.5. The maximum atomic E-state index is 11.2. The number of rotatable bonds is 2. The van der Waals surface area contributed by atoms with Gasteiger partial charge in [0.25, 0.3) is 0 Å². The van der Waals surface area contributed by atoms with Crippen molar-refractivity contribution in [3.05, 3.63) is 0 Å². The third-order valence-electron chi connectivity index (χ3n) is 4.61. The molecule has 0 radical (unpaired) electrons. The Labute approximate surface area is 97.2 Å². The predicted octanol–water partition coefficient (Wildman–Crippen LogP) is 2.15. The van der Waals surface area contributed by atoms with Gasteiger partial charge in [-0.25, -0.2) is 0 Å². The van der Waals surface area contributed by atoms with Gasteiger partial charge in [0.1, 0.15) is 0 Å². The number of carbonyl (C=O) groups is 1. The summed E-state index contributed by atoms with van der Waals surface area (Å²) in [6.45, 7) is 0. The van der Waals surface area contributed by atoms with E-state index < -0.39 is 5.97 Å². The average molecular weight is 234 g/mol. The van der Waals surface area contributed by atoms with Crippen LogP contribution in [0.3, 0.4) is 0 Å². The molecule has 3 rings (SSSR count). The lowest BCUT2D eigenvalue weighted by atomic mass is 9.57. The lowest BCUT2D eigenvalue weighted by Crippen LogP contribution is -2.56. The topological polar surface area (TPSA) is 40.5 Å². The molecule has 88 valence electrons. The van der Waals surface area contributed by atoms with Crippen LogP contribution in [0.2, 0.25) is 0 Å². The Morgan fingerprint density at radius 3 is 1.73 bits per heavy atom. The summed E-state index contributed by atoms with van der Waals surface area (Å²) < 4.78 is 0. The first-order valence-electron chi connectivity index (χ1n) is 5.42. The number of hydrogen-bond acceptors (Lipinski definition) is 2. The fourth-order valence-corrected chi connectivity index (χ4v) is 3.16. The molecule has 0 spiro atoms. The molecule has 3 aliphatic carbocycles. The van der Waals surface area contributed by atoms with E-state index >= 15 is 0 Å². The molecule has 4 heteroatoms. The van der Waals surface area contributed by atoms with Crippen molar-refractivity contribution >= 4 is 18.4 Å². The fourth-order valence-electron chi connectivity index (χ4n) is 3.16. The van der Waals surface area contributed by atoms with Gasteiger partial charge in [-0.1, -0.05) is 0 Å². The summed E-state index contributed by atoms with van der Waals surface area (Å²) in [5, 5.41) is 9.22. The molecule has 3 saturated carbocycles. The Bertz CT molecular complexity index is 241. The number of nitrogens with zero attached hydrogens (tertiary/aromatic N) is 1. The van der Waals surface area contributed by atoms with E-state index in [-0.39, 0.29) is 17.8 Å². The minimum Gasteiger partial charge on any atom is -0.481 e. The lowest BCUT2D eigenvalue weighted by molar-refractivity contribution is -0.159. The summed E-state index contributed by atoms with van der Waals surface area (Å²) in [5.41, 5.74) is -0.0467. The van der Waals surface area contributed by atoms with E-state index in [1.165, 1.54) is 0 Å². The van der Waals surface area contributed by atoms with E-state index in [0.29, 0.717) is 5.54 Å². The smallest absolute Gasteiger partial charge is 0.309 e. The second kappa shape index (κ2) is 3.95. The first kappa shape index (κ1) is 12.8. The third-order valence-corrected chi connectivity index (χ3v) is 4.61. The van der Waals surface area contributed by atoms with Crippen LogP contribution in [0.15, 0.2) is 0 Å². The third kappa shape index (κ3) is 1.76. The van der Waals surface area contributed by atoms with Crippen molar-refractivity contribution in [1.82, 2.24) is 4.90 Å². The lowest BCUT2D eigenvalue weighted by Gasteiger charge is -2.54. The Morgan fingerprint density at radius 1 is 1.07 bits per heavy atom. The molecular formula is C11H20ClNO2. The van der Waals surface area contributed by atoms with Gasteiger partial charge >= 0.3 is 5.97 Å². The van der Waals surface area contributed by atoms with Gasteiger partial charge in [-0.3, -0.25) is 4.79 Å². The van der Waals surface area contributed by atoms with Gasteiger partial charge in [0.15, 0.2) is 0 Å². The summed E-state index contributed by atoms with van der Waals surface area (Å²) in [5.74, 6) is -0.565. The number of hydrogen-bond donors (Lipinski definition) is 1. The minimum absolute atomic E-state index is 0. The monoisotopic (exact) mass is 233 g/mol. The van der Waals surface area contributed by atoms with Crippen LogP contribution in [0.25, 0.3) is 0 Å². The van der Waals surface area contributed by atoms with Crippen molar-refractivity contribution < 1.29 is 9.90 Å². The highest BCUT2D eigenvalue weighted by molar-refractivity contribution is 5.85. The van der Waals surface area contributed by atoms with Crippen molar-refractivity contribution in [2.24, 2.45) is 5.41 Å². The second-order valence-electron chi connectivity index (χ2n) is 5.20. The maximum absolute atomic E-state index is 11.2. The van der Waals surface area contributed by atoms with Gasteiger partial charge in [0.2, 0.25) is 0 Å². The number of carboxylic acids is 1. The van der Waals surface area contributed by atoms with Crippen molar-refractivity contribution in [3.63, 3.8) is 0 Å². The first-order chi connectivity index (χ1) is 6.51. The quantitative estimate of drug-likeness (QED) is 0.795. The van der Waals surface area contributed by atoms with Crippen LogP contribution in [-0.4, -0.2) is 35.6 Å². The van der Waals surface area contributed by atoms with Crippen LogP contribution >= 0.6 is 12.4 Å². The largest absolute Gasteiger partial charge is 0.481 e.